The number of nitro benzene ring substituents is 1. The highest BCUT2D eigenvalue weighted by Gasteiger charge is 2.32. The van der Waals surface area contributed by atoms with Crippen LogP contribution < -0.4 is 4.74 Å². The van der Waals surface area contributed by atoms with Crippen LogP contribution in [0.2, 0.25) is 0 Å². The maximum atomic E-state index is 10.7. The predicted molar refractivity (Wildman–Crippen MR) is 72.6 cm³/mol. The average molecular weight is 281 g/mol. The number of nitrogens with zero attached hydrogens (tertiary/aromatic N) is 1. The lowest BCUT2D eigenvalue weighted by atomic mass is 10.0. The standard InChI is InChI=1S/C14H19NO5/c1-10(16)12-8-11(15(18)19)4-5-13(12)20-9-14(17)6-2-3-7-14/h4-5,8,10,16-17H,2-3,6-7,9H2,1H3/t10-/m0/s1. The second-order valence-corrected chi connectivity index (χ2v) is 5.38. The summed E-state index contributed by atoms with van der Waals surface area (Å²) in [5.74, 6) is 0.380. The molecule has 0 heterocycles. The summed E-state index contributed by atoms with van der Waals surface area (Å²) in [5.41, 5.74) is -0.550. The lowest BCUT2D eigenvalue weighted by Crippen LogP contribution is -2.32. The molecule has 6 heteroatoms. The van der Waals surface area contributed by atoms with Crippen molar-refractivity contribution in [3.63, 3.8) is 0 Å². The third-order valence-corrected chi connectivity index (χ3v) is 3.68. The number of aliphatic hydroxyl groups excluding tert-OH is 1. The molecule has 0 radical (unpaired) electrons. The summed E-state index contributed by atoms with van der Waals surface area (Å²) >= 11 is 0. The maximum Gasteiger partial charge on any atom is 0.270 e. The highest BCUT2D eigenvalue weighted by atomic mass is 16.6. The van der Waals surface area contributed by atoms with Crippen LogP contribution in [-0.2, 0) is 0 Å². The fourth-order valence-corrected chi connectivity index (χ4v) is 2.50. The molecule has 1 aliphatic rings. The van der Waals surface area contributed by atoms with E-state index < -0.39 is 16.6 Å². The third-order valence-electron chi connectivity index (χ3n) is 3.68. The lowest BCUT2D eigenvalue weighted by Gasteiger charge is -2.23. The normalized spacial score (nSPS) is 18.8. The first-order chi connectivity index (χ1) is 9.41. The highest BCUT2D eigenvalue weighted by molar-refractivity contribution is 5.44. The van der Waals surface area contributed by atoms with Gasteiger partial charge in [0.2, 0.25) is 0 Å². The van der Waals surface area contributed by atoms with Crippen molar-refractivity contribution >= 4 is 5.69 Å². The van der Waals surface area contributed by atoms with Gasteiger partial charge in [-0.25, -0.2) is 0 Å². The molecule has 6 nitrogen and oxygen atoms in total. The zero-order valence-electron chi connectivity index (χ0n) is 11.4. The number of rotatable bonds is 5. The van der Waals surface area contributed by atoms with Gasteiger partial charge >= 0.3 is 0 Å². The van der Waals surface area contributed by atoms with Crippen LogP contribution in [0.5, 0.6) is 5.75 Å². The molecule has 1 saturated carbocycles. The summed E-state index contributed by atoms with van der Waals surface area (Å²) in [6, 6.07) is 4.11. The summed E-state index contributed by atoms with van der Waals surface area (Å²) in [4.78, 5) is 10.2. The van der Waals surface area contributed by atoms with Gasteiger partial charge in [0, 0.05) is 17.7 Å². The molecule has 0 amide bonds. The summed E-state index contributed by atoms with van der Waals surface area (Å²) in [6.07, 6.45) is 2.48. The molecule has 1 aromatic carbocycles. The van der Waals surface area contributed by atoms with Gasteiger partial charge in [0.05, 0.1) is 16.6 Å². The fourth-order valence-electron chi connectivity index (χ4n) is 2.50. The van der Waals surface area contributed by atoms with Crippen molar-refractivity contribution in [2.24, 2.45) is 0 Å². The molecular weight excluding hydrogens is 262 g/mol. The number of hydrogen-bond donors (Lipinski definition) is 2. The van der Waals surface area contributed by atoms with Gasteiger partial charge in [-0.15, -0.1) is 0 Å². The van der Waals surface area contributed by atoms with Gasteiger partial charge in [-0.1, -0.05) is 12.8 Å². The maximum absolute atomic E-state index is 10.7. The van der Waals surface area contributed by atoms with Crippen molar-refractivity contribution in [2.45, 2.75) is 44.3 Å². The molecule has 20 heavy (non-hydrogen) atoms. The van der Waals surface area contributed by atoms with Crippen molar-refractivity contribution in [1.82, 2.24) is 0 Å². The second-order valence-electron chi connectivity index (χ2n) is 5.38. The number of aliphatic hydroxyl groups is 2. The minimum atomic E-state index is -0.872. The van der Waals surface area contributed by atoms with Gasteiger partial charge in [-0.2, -0.15) is 0 Å². The Morgan fingerprint density at radius 1 is 1.45 bits per heavy atom. The summed E-state index contributed by atoms with van der Waals surface area (Å²) in [6.45, 7) is 1.67. The van der Waals surface area contributed by atoms with Crippen LogP contribution in [0, 0.1) is 10.1 Å². The Labute approximate surface area is 117 Å². The van der Waals surface area contributed by atoms with Crippen LogP contribution >= 0.6 is 0 Å². The first-order valence-electron chi connectivity index (χ1n) is 6.73. The molecule has 0 unspecified atom stereocenters. The molecule has 0 aliphatic heterocycles. The fraction of sp³-hybridized carbons (Fsp3) is 0.571. The lowest BCUT2D eigenvalue weighted by molar-refractivity contribution is -0.385. The Morgan fingerprint density at radius 2 is 2.10 bits per heavy atom. The zero-order valence-corrected chi connectivity index (χ0v) is 11.4. The highest BCUT2D eigenvalue weighted by Crippen LogP contribution is 2.33. The Kier molecular flexibility index (Phi) is 4.25. The molecule has 110 valence electrons. The topological polar surface area (TPSA) is 92.8 Å². The molecular formula is C14H19NO5. The van der Waals surface area contributed by atoms with E-state index in [-0.39, 0.29) is 12.3 Å². The van der Waals surface area contributed by atoms with Crippen molar-refractivity contribution < 1.29 is 19.9 Å². The molecule has 2 rings (SSSR count). The Hall–Kier alpha value is -1.66. The molecule has 1 aliphatic carbocycles. The van der Waals surface area contributed by atoms with Crippen LogP contribution in [0.25, 0.3) is 0 Å². The predicted octanol–water partition coefficient (Wildman–Crippen LogP) is 2.33. The molecule has 0 saturated heterocycles. The van der Waals surface area contributed by atoms with Gasteiger partial charge in [0.15, 0.2) is 0 Å². The Morgan fingerprint density at radius 3 is 2.65 bits per heavy atom. The Balaban J connectivity index is 2.16. The first-order valence-corrected chi connectivity index (χ1v) is 6.73. The number of hydrogen-bond acceptors (Lipinski definition) is 5. The second kappa shape index (κ2) is 5.76. The van der Waals surface area contributed by atoms with E-state index in [9.17, 15) is 20.3 Å². The Bertz CT molecular complexity index is 494. The molecule has 2 N–H and O–H groups in total. The van der Waals surface area contributed by atoms with Gasteiger partial charge in [-0.3, -0.25) is 10.1 Å². The quantitative estimate of drug-likeness (QED) is 0.638. The van der Waals surface area contributed by atoms with E-state index in [1.807, 2.05) is 0 Å². The molecule has 0 bridgehead atoms. The van der Waals surface area contributed by atoms with E-state index >= 15 is 0 Å². The van der Waals surface area contributed by atoms with Crippen molar-refractivity contribution in [3.8, 4) is 5.75 Å². The van der Waals surface area contributed by atoms with Gasteiger partial charge in [0.1, 0.15) is 12.4 Å². The summed E-state index contributed by atoms with van der Waals surface area (Å²) < 4.78 is 5.59. The van der Waals surface area contributed by atoms with Crippen molar-refractivity contribution in [3.05, 3.63) is 33.9 Å². The van der Waals surface area contributed by atoms with E-state index in [0.717, 1.165) is 12.8 Å². The minimum Gasteiger partial charge on any atom is -0.490 e. The number of ether oxygens (including phenoxy) is 1. The number of benzene rings is 1. The van der Waals surface area contributed by atoms with Crippen LogP contribution in [0.3, 0.4) is 0 Å². The monoisotopic (exact) mass is 281 g/mol. The number of nitro groups is 1. The van der Waals surface area contributed by atoms with Gasteiger partial charge in [-0.05, 0) is 25.8 Å². The van der Waals surface area contributed by atoms with Crippen LogP contribution in [-0.4, -0.2) is 27.3 Å². The molecule has 0 aromatic heterocycles. The van der Waals surface area contributed by atoms with Crippen molar-refractivity contribution in [2.75, 3.05) is 6.61 Å². The smallest absolute Gasteiger partial charge is 0.270 e. The molecule has 0 spiro atoms. The molecule has 1 atom stereocenters. The van der Waals surface area contributed by atoms with E-state index in [4.69, 9.17) is 4.74 Å². The minimum absolute atomic E-state index is 0.0900. The third kappa shape index (κ3) is 3.26. The number of non-ortho nitro benzene ring substituents is 1. The largest absolute Gasteiger partial charge is 0.490 e. The van der Waals surface area contributed by atoms with Crippen LogP contribution in [0.1, 0.15) is 44.3 Å². The first kappa shape index (κ1) is 14.7. The average Bonchev–Trinajstić information content (AvgIpc) is 2.83. The summed E-state index contributed by atoms with van der Waals surface area (Å²) in [7, 11) is 0. The molecule has 1 aromatic rings. The van der Waals surface area contributed by atoms with Gasteiger partial charge < -0.3 is 14.9 Å². The van der Waals surface area contributed by atoms with E-state index in [1.165, 1.54) is 25.1 Å². The summed E-state index contributed by atoms with van der Waals surface area (Å²) in [5, 5.41) is 30.7. The van der Waals surface area contributed by atoms with Crippen LogP contribution in [0.4, 0.5) is 5.69 Å². The van der Waals surface area contributed by atoms with Gasteiger partial charge in [0.25, 0.3) is 5.69 Å². The zero-order chi connectivity index (χ0) is 14.8. The molecule has 1 fully saturated rings. The van der Waals surface area contributed by atoms with E-state index in [0.29, 0.717) is 24.2 Å². The van der Waals surface area contributed by atoms with Crippen LogP contribution in [0.15, 0.2) is 18.2 Å². The van der Waals surface area contributed by atoms with E-state index in [2.05, 4.69) is 0 Å². The van der Waals surface area contributed by atoms with Crippen molar-refractivity contribution in [1.29, 1.82) is 0 Å². The van der Waals surface area contributed by atoms with E-state index in [1.54, 1.807) is 0 Å². The SMILES string of the molecule is C[C@H](O)c1cc([N+](=O)[O-])ccc1OCC1(O)CCCC1.